The van der Waals surface area contributed by atoms with E-state index in [1.807, 2.05) is 0 Å². The van der Waals surface area contributed by atoms with Crippen molar-refractivity contribution in [1.82, 2.24) is 5.32 Å². The second-order valence-electron chi connectivity index (χ2n) is 6.44. The third-order valence-electron chi connectivity index (χ3n) is 3.77. The van der Waals surface area contributed by atoms with Crippen molar-refractivity contribution in [2.24, 2.45) is 11.8 Å². The van der Waals surface area contributed by atoms with E-state index in [9.17, 15) is 0 Å². The average Bonchev–Trinajstić information content (AvgIpc) is 2.48. The van der Waals surface area contributed by atoms with Crippen LogP contribution in [0.25, 0.3) is 0 Å². The number of benzene rings is 2. The molecule has 1 nitrogen and oxygen atoms in total. The molecule has 2 rings (SSSR count). The third kappa shape index (κ3) is 6.33. The summed E-state index contributed by atoms with van der Waals surface area (Å²) in [5.41, 5.74) is 2.83. The minimum Gasteiger partial charge on any atom is -0.316 e. The first-order valence-corrected chi connectivity index (χ1v) is 8.92. The summed E-state index contributed by atoms with van der Waals surface area (Å²) in [6, 6.07) is 19.5. The second-order valence-corrected chi connectivity index (χ2v) is 7.36. The summed E-state index contributed by atoms with van der Waals surface area (Å²) in [5.74, 6) is 1.32. The molecule has 0 saturated carbocycles. The van der Waals surface area contributed by atoms with Gasteiger partial charge < -0.3 is 5.32 Å². The van der Waals surface area contributed by atoms with Gasteiger partial charge in [0.25, 0.3) is 0 Å². The summed E-state index contributed by atoms with van der Waals surface area (Å²) in [6.07, 6.45) is 2.23. The number of nitrogens with one attached hydrogen (secondary N) is 1. The number of hydrogen-bond donors (Lipinski definition) is 1. The first-order chi connectivity index (χ1) is 10.6. The molecule has 1 N–H and O–H groups in total. The Balaban J connectivity index is 2.00. The first kappa shape index (κ1) is 17.2. The molecule has 1 unspecified atom stereocenters. The molecule has 0 aliphatic heterocycles. The van der Waals surface area contributed by atoms with Crippen LogP contribution >= 0.6 is 15.9 Å². The minimum atomic E-state index is 0.621. The second kappa shape index (κ2) is 9.12. The fourth-order valence-electron chi connectivity index (χ4n) is 2.74. The maximum atomic E-state index is 3.63. The Morgan fingerprint density at radius 2 is 1.55 bits per heavy atom. The molecule has 22 heavy (non-hydrogen) atoms. The molecule has 2 heteroatoms. The Kier molecular flexibility index (Phi) is 7.14. The monoisotopic (exact) mass is 359 g/mol. The summed E-state index contributed by atoms with van der Waals surface area (Å²) in [4.78, 5) is 0. The fraction of sp³-hybridized carbons (Fsp3) is 0.400. The van der Waals surface area contributed by atoms with E-state index in [0.29, 0.717) is 11.8 Å². The van der Waals surface area contributed by atoms with Crippen molar-refractivity contribution in [2.75, 3.05) is 13.1 Å². The number of hydrogen-bond acceptors (Lipinski definition) is 1. The summed E-state index contributed by atoms with van der Waals surface area (Å²) >= 11 is 3.58. The van der Waals surface area contributed by atoms with Gasteiger partial charge in [-0.3, -0.25) is 0 Å². The molecule has 0 amide bonds. The van der Waals surface area contributed by atoms with Gasteiger partial charge in [-0.15, -0.1) is 0 Å². The zero-order chi connectivity index (χ0) is 15.8. The lowest BCUT2D eigenvalue weighted by atomic mass is 9.92. The molecule has 0 heterocycles. The lowest BCUT2D eigenvalue weighted by Gasteiger charge is -2.19. The third-order valence-corrected chi connectivity index (χ3v) is 4.26. The van der Waals surface area contributed by atoms with Gasteiger partial charge in [0.15, 0.2) is 0 Å². The molecule has 2 aromatic rings. The van der Waals surface area contributed by atoms with Crippen molar-refractivity contribution in [3.63, 3.8) is 0 Å². The number of rotatable bonds is 8. The maximum Gasteiger partial charge on any atom is 0.0177 e. The van der Waals surface area contributed by atoms with Crippen LogP contribution in [0.2, 0.25) is 0 Å². The molecule has 0 aliphatic rings. The Bertz CT molecular complexity index is 551. The molecule has 0 radical (unpaired) electrons. The highest BCUT2D eigenvalue weighted by Gasteiger charge is 2.11. The van der Waals surface area contributed by atoms with E-state index in [1.165, 1.54) is 15.6 Å². The van der Waals surface area contributed by atoms with Gasteiger partial charge in [-0.25, -0.2) is 0 Å². The van der Waals surface area contributed by atoms with E-state index in [0.717, 1.165) is 25.9 Å². The van der Waals surface area contributed by atoms with Crippen LogP contribution in [-0.2, 0) is 12.8 Å². The van der Waals surface area contributed by atoms with Gasteiger partial charge in [-0.2, -0.15) is 0 Å². The van der Waals surface area contributed by atoms with E-state index < -0.39 is 0 Å². The molecule has 0 aliphatic carbocycles. The maximum absolute atomic E-state index is 3.63. The lowest BCUT2D eigenvalue weighted by Crippen LogP contribution is -2.28. The van der Waals surface area contributed by atoms with Crippen molar-refractivity contribution in [3.8, 4) is 0 Å². The van der Waals surface area contributed by atoms with Gasteiger partial charge >= 0.3 is 0 Å². The molecule has 2 aromatic carbocycles. The minimum absolute atomic E-state index is 0.621. The van der Waals surface area contributed by atoms with Gasteiger partial charge in [0.2, 0.25) is 0 Å². The largest absolute Gasteiger partial charge is 0.316 e. The standard InChI is InChI=1S/C20H26BrN/c1-16(2)14-22-15-19(11-17-7-4-3-5-8-17)12-18-9-6-10-20(21)13-18/h3-10,13,16,19,22H,11-12,14-15H2,1-2H3. The van der Waals surface area contributed by atoms with Gasteiger partial charge in [0.05, 0.1) is 0 Å². The molecule has 0 saturated heterocycles. The van der Waals surface area contributed by atoms with Crippen LogP contribution in [-0.4, -0.2) is 13.1 Å². The Morgan fingerprint density at radius 3 is 2.23 bits per heavy atom. The van der Waals surface area contributed by atoms with Crippen molar-refractivity contribution in [2.45, 2.75) is 26.7 Å². The van der Waals surface area contributed by atoms with Crippen LogP contribution in [0.3, 0.4) is 0 Å². The molecule has 0 fully saturated rings. The van der Waals surface area contributed by atoms with Crippen LogP contribution in [0.15, 0.2) is 59.1 Å². The quantitative estimate of drug-likeness (QED) is 0.691. The number of halogens is 1. The first-order valence-electron chi connectivity index (χ1n) is 8.12. The molecule has 1 atom stereocenters. The average molecular weight is 360 g/mol. The predicted octanol–water partition coefficient (Wildman–Crippen LogP) is 5.10. The molecular formula is C20H26BrN. The van der Waals surface area contributed by atoms with E-state index in [2.05, 4.69) is 89.7 Å². The highest BCUT2D eigenvalue weighted by molar-refractivity contribution is 9.10. The SMILES string of the molecule is CC(C)CNCC(Cc1ccccc1)Cc1cccc(Br)c1. The summed E-state index contributed by atoms with van der Waals surface area (Å²) < 4.78 is 1.17. The fourth-order valence-corrected chi connectivity index (χ4v) is 3.18. The highest BCUT2D eigenvalue weighted by atomic mass is 79.9. The van der Waals surface area contributed by atoms with Gasteiger partial charge in [0, 0.05) is 4.47 Å². The summed E-state index contributed by atoms with van der Waals surface area (Å²) in [7, 11) is 0. The Morgan fingerprint density at radius 1 is 0.864 bits per heavy atom. The summed E-state index contributed by atoms with van der Waals surface area (Å²) in [5, 5.41) is 3.63. The lowest BCUT2D eigenvalue weighted by molar-refractivity contribution is 0.445. The topological polar surface area (TPSA) is 12.0 Å². The predicted molar refractivity (Wildman–Crippen MR) is 99.2 cm³/mol. The van der Waals surface area contributed by atoms with Crippen LogP contribution in [0.5, 0.6) is 0 Å². The normalized spacial score (nSPS) is 12.5. The van der Waals surface area contributed by atoms with Crippen molar-refractivity contribution >= 4 is 15.9 Å². The molecule has 0 aromatic heterocycles. The molecule has 0 bridgehead atoms. The van der Waals surface area contributed by atoms with Gasteiger partial charge in [0.1, 0.15) is 0 Å². The smallest absolute Gasteiger partial charge is 0.0177 e. The zero-order valence-corrected chi connectivity index (χ0v) is 15.1. The van der Waals surface area contributed by atoms with E-state index in [-0.39, 0.29) is 0 Å². The van der Waals surface area contributed by atoms with Crippen LogP contribution in [0, 0.1) is 11.8 Å². The summed E-state index contributed by atoms with van der Waals surface area (Å²) in [6.45, 7) is 6.67. The zero-order valence-electron chi connectivity index (χ0n) is 13.6. The van der Waals surface area contributed by atoms with Gasteiger partial charge in [-0.05, 0) is 61.0 Å². The van der Waals surface area contributed by atoms with E-state index in [1.54, 1.807) is 0 Å². The van der Waals surface area contributed by atoms with E-state index >= 15 is 0 Å². The highest BCUT2D eigenvalue weighted by Crippen LogP contribution is 2.18. The Hall–Kier alpha value is -1.12. The molecule has 118 valence electrons. The van der Waals surface area contributed by atoms with Gasteiger partial charge in [-0.1, -0.05) is 72.2 Å². The van der Waals surface area contributed by atoms with Crippen LogP contribution in [0.1, 0.15) is 25.0 Å². The Labute approximate surface area is 143 Å². The van der Waals surface area contributed by atoms with Crippen LogP contribution < -0.4 is 5.32 Å². The molecular weight excluding hydrogens is 334 g/mol. The van der Waals surface area contributed by atoms with Crippen molar-refractivity contribution < 1.29 is 0 Å². The van der Waals surface area contributed by atoms with Crippen molar-refractivity contribution in [1.29, 1.82) is 0 Å². The van der Waals surface area contributed by atoms with E-state index in [4.69, 9.17) is 0 Å². The molecule has 0 spiro atoms. The van der Waals surface area contributed by atoms with Crippen LogP contribution in [0.4, 0.5) is 0 Å². The van der Waals surface area contributed by atoms with Crippen molar-refractivity contribution in [3.05, 3.63) is 70.2 Å².